The minimum absolute atomic E-state index is 0.0333. The molecular weight excluding hydrogens is 258 g/mol. The molecule has 2 heterocycles. The summed E-state index contributed by atoms with van der Waals surface area (Å²) in [6.07, 6.45) is 1.87. The van der Waals surface area contributed by atoms with Gasteiger partial charge >= 0.3 is 0 Å². The molecule has 0 fully saturated rings. The molecule has 0 aliphatic heterocycles. The molecular formula is C14H21N3OS. The van der Waals surface area contributed by atoms with Gasteiger partial charge in [-0.3, -0.25) is 0 Å². The zero-order chi connectivity index (χ0) is 13.8. The quantitative estimate of drug-likeness (QED) is 0.874. The third-order valence-electron chi connectivity index (χ3n) is 3.10. The lowest BCUT2D eigenvalue weighted by Gasteiger charge is -2.13. The molecule has 19 heavy (non-hydrogen) atoms. The molecule has 0 saturated heterocycles. The molecule has 2 aromatic heterocycles. The number of aromatic nitrogens is 2. The number of hydrogen-bond donors (Lipinski definition) is 1. The van der Waals surface area contributed by atoms with Gasteiger partial charge < -0.3 is 10.1 Å². The number of nitrogens with one attached hydrogen (secondary N) is 1. The normalized spacial score (nSPS) is 12.8. The number of ether oxygens (including phenoxy) is 1. The van der Waals surface area contributed by atoms with Crippen LogP contribution in [0.3, 0.4) is 0 Å². The van der Waals surface area contributed by atoms with E-state index in [1.54, 1.807) is 18.4 Å². The van der Waals surface area contributed by atoms with Gasteiger partial charge in [0, 0.05) is 18.5 Å². The van der Waals surface area contributed by atoms with Gasteiger partial charge in [0.1, 0.15) is 16.8 Å². The number of methoxy groups -OCH3 is 1. The predicted octanol–water partition coefficient (Wildman–Crippen LogP) is 3.78. The molecule has 0 aromatic carbocycles. The number of anilines is 1. The Kier molecular flexibility index (Phi) is 4.71. The SMILES string of the molecule is CCNc1nc(C(CC)OC)nc2sc(CC)cc12. The van der Waals surface area contributed by atoms with Gasteiger partial charge in [-0.25, -0.2) is 9.97 Å². The lowest BCUT2D eigenvalue weighted by molar-refractivity contribution is 0.0930. The van der Waals surface area contributed by atoms with Crippen LogP contribution in [0.4, 0.5) is 5.82 Å². The van der Waals surface area contributed by atoms with Crippen LogP contribution in [-0.4, -0.2) is 23.6 Å². The highest BCUT2D eigenvalue weighted by Gasteiger charge is 2.16. The lowest BCUT2D eigenvalue weighted by Crippen LogP contribution is -2.09. The largest absolute Gasteiger partial charge is 0.373 e. The van der Waals surface area contributed by atoms with Crippen molar-refractivity contribution in [3.8, 4) is 0 Å². The summed E-state index contributed by atoms with van der Waals surface area (Å²) in [5.74, 6) is 1.70. The first-order valence-electron chi connectivity index (χ1n) is 6.80. The van der Waals surface area contributed by atoms with Crippen LogP contribution in [0.25, 0.3) is 10.2 Å². The molecule has 2 rings (SSSR count). The molecule has 0 aliphatic carbocycles. The highest BCUT2D eigenvalue weighted by molar-refractivity contribution is 7.18. The van der Waals surface area contributed by atoms with Crippen molar-refractivity contribution in [3.63, 3.8) is 0 Å². The van der Waals surface area contributed by atoms with Crippen molar-refractivity contribution in [1.29, 1.82) is 0 Å². The summed E-state index contributed by atoms with van der Waals surface area (Å²) in [7, 11) is 1.71. The zero-order valence-electron chi connectivity index (χ0n) is 12.0. The van der Waals surface area contributed by atoms with E-state index in [1.165, 1.54) is 4.88 Å². The third kappa shape index (κ3) is 2.87. The minimum atomic E-state index is -0.0333. The van der Waals surface area contributed by atoms with Gasteiger partial charge in [0.2, 0.25) is 0 Å². The van der Waals surface area contributed by atoms with E-state index in [0.29, 0.717) is 0 Å². The van der Waals surface area contributed by atoms with E-state index < -0.39 is 0 Å². The smallest absolute Gasteiger partial charge is 0.161 e. The maximum Gasteiger partial charge on any atom is 0.161 e. The highest BCUT2D eigenvalue weighted by atomic mass is 32.1. The van der Waals surface area contributed by atoms with Crippen molar-refractivity contribution >= 4 is 27.4 Å². The van der Waals surface area contributed by atoms with Gasteiger partial charge in [0.15, 0.2) is 5.82 Å². The number of rotatable bonds is 6. The first-order valence-corrected chi connectivity index (χ1v) is 7.62. The van der Waals surface area contributed by atoms with Gasteiger partial charge in [-0.05, 0) is 25.8 Å². The second-order valence-corrected chi connectivity index (χ2v) is 5.49. The topological polar surface area (TPSA) is 47.0 Å². The van der Waals surface area contributed by atoms with Gasteiger partial charge in [-0.15, -0.1) is 11.3 Å². The molecule has 0 bridgehead atoms. The number of hydrogen-bond acceptors (Lipinski definition) is 5. The highest BCUT2D eigenvalue weighted by Crippen LogP contribution is 2.31. The molecule has 0 radical (unpaired) electrons. The van der Waals surface area contributed by atoms with E-state index in [-0.39, 0.29) is 6.10 Å². The van der Waals surface area contributed by atoms with Crippen LogP contribution in [0.15, 0.2) is 6.07 Å². The number of thiophene rings is 1. The van der Waals surface area contributed by atoms with Crippen molar-refractivity contribution in [2.75, 3.05) is 19.0 Å². The number of nitrogens with zero attached hydrogens (tertiary/aromatic N) is 2. The average Bonchev–Trinajstić information content (AvgIpc) is 2.84. The Morgan fingerprint density at radius 2 is 2.11 bits per heavy atom. The van der Waals surface area contributed by atoms with Crippen LogP contribution in [0.5, 0.6) is 0 Å². The Labute approximate surface area is 118 Å². The van der Waals surface area contributed by atoms with Crippen molar-refractivity contribution in [2.45, 2.75) is 39.7 Å². The fraction of sp³-hybridized carbons (Fsp3) is 0.571. The maximum absolute atomic E-state index is 5.45. The molecule has 5 heteroatoms. The lowest BCUT2D eigenvalue weighted by atomic mass is 10.2. The molecule has 0 amide bonds. The average molecular weight is 279 g/mol. The standard InChI is InChI=1S/C14H21N3OS/c1-5-9-8-10-12(15-7-3)16-13(11(6-2)18-4)17-14(10)19-9/h8,11H,5-7H2,1-4H3,(H,15,16,17). The van der Waals surface area contributed by atoms with E-state index in [1.807, 2.05) is 0 Å². The van der Waals surface area contributed by atoms with E-state index in [4.69, 9.17) is 4.74 Å². The summed E-state index contributed by atoms with van der Waals surface area (Å²) in [6, 6.07) is 2.19. The van der Waals surface area contributed by atoms with Crippen molar-refractivity contribution in [2.24, 2.45) is 0 Å². The van der Waals surface area contributed by atoms with Crippen molar-refractivity contribution in [3.05, 3.63) is 16.8 Å². The first-order chi connectivity index (χ1) is 9.23. The Balaban J connectivity index is 2.55. The second-order valence-electron chi connectivity index (χ2n) is 4.38. The molecule has 2 aromatic rings. The molecule has 0 spiro atoms. The van der Waals surface area contributed by atoms with Gasteiger partial charge in [-0.2, -0.15) is 0 Å². The van der Waals surface area contributed by atoms with Crippen LogP contribution in [0, 0.1) is 0 Å². The molecule has 1 atom stereocenters. The summed E-state index contributed by atoms with van der Waals surface area (Å²) < 4.78 is 5.45. The Hall–Kier alpha value is -1.20. The van der Waals surface area contributed by atoms with Crippen LogP contribution in [0.2, 0.25) is 0 Å². The third-order valence-corrected chi connectivity index (χ3v) is 4.27. The summed E-state index contributed by atoms with van der Waals surface area (Å²) in [5.41, 5.74) is 0. The van der Waals surface area contributed by atoms with Gasteiger partial charge in [-0.1, -0.05) is 13.8 Å². The van der Waals surface area contributed by atoms with Gasteiger partial charge in [0.05, 0.1) is 5.39 Å². The molecule has 1 unspecified atom stereocenters. The Morgan fingerprint density at radius 1 is 1.32 bits per heavy atom. The number of aryl methyl sites for hydroxylation is 1. The summed E-state index contributed by atoms with van der Waals surface area (Å²) >= 11 is 1.74. The van der Waals surface area contributed by atoms with E-state index in [9.17, 15) is 0 Å². The van der Waals surface area contributed by atoms with Crippen LogP contribution < -0.4 is 5.32 Å². The fourth-order valence-corrected chi connectivity index (χ4v) is 3.04. The van der Waals surface area contributed by atoms with Crippen molar-refractivity contribution in [1.82, 2.24) is 9.97 Å². The summed E-state index contributed by atoms with van der Waals surface area (Å²) in [6.45, 7) is 7.18. The predicted molar refractivity (Wildman–Crippen MR) is 81.0 cm³/mol. The minimum Gasteiger partial charge on any atom is -0.373 e. The second kappa shape index (κ2) is 6.30. The molecule has 4 nitrogen and oxygen atoms in total. The summed E-state index contributed by atoms with van der Waals surface area (Å²) in [4.78, 5) is 11.7. The summed E-state index contributed by atoms with van der Waals surface area (Å²) in [5, 5.41) is 4.45. The van der Waals surface area contributed by atoms with Crippen LogP contribution in [0.1, 0.15) is 44.0 Å². The van der Waals surface area contributed by atoms with Crippen LogP contribution in [-0.2, 0) is 11.2 Å². The van der Waals surface area contributed by atoms with Gasteiger partial charge in [0.25, 0.3) is 0 Å². The van der Waals surface area contributed by atoms with E-state index in [2.05, 4.69) is 42.1 Å². The van der Waals surface area contributed by atoms with Crippen LogP contribution >= 0.6 is 11.3 Å². The molecule has 1 N–H and O–H groups in total. The molecule has 0 saturated carbocycles. The Bertz CT molecular complexity index is 549. The fourth-order valence-electron chi connectivity index (χ4n) is 2.06. The van der Waals surface area contributed by atoms with E-state index >= 15 is 0 Å². The van der Waals surface area contributed by atoms with Crippen molar-refractivity contribution < 1.29 is 4.74 Å². The molecule has 0 aliphatic rings. The monoisotopic (exact) mass is 279 g/mol. The Morgan fingerprint density at radius 3 is 2.68 bits per heavy atom. The zero-order valence-corrected chi connectivity index (χ0v) is 12.8. The number of fused-ring (bicyclic) bond motifs is 1. The van der Waals surface area contributed by atoms with E-state index in [0.717, 1.165) is 41.2 Å². The molecule has 104 valence electrons. The first kappa shape index (κ1) is 14.2. The maximum atomic E-state index is 5.45.